The number of hydrogen-bond acceptors (Lipinski definition) is 3. The Morgan fingerprint density at radius 1 is 1.33 bits per heavy atom. The molecule has 0 aromatic heterocycles. The highest BCUT2D eigenvalue weighted by atomic mass is 79.9. The maximum absolute atomic E-state index is 13.8. The number of rotatable bonds is 4. The summed E-state index contributed by atoms with van der Waals surface area (Å²) in [5.74, 6) is -1.94. The number of piperidine rings is 1. The van der Waals surface area contributed by atoms with Gasteiger partial charge in [0.05, 0.1) is 0 Å². The van der Waals surface area contributed by atoms with Crippen molar-refractivity contribution in [3.8, 4) is 0 Å². The fourth-order valence-corrected chi connectivity index (χ4v) is 4.70. The lowest BCUT2D eigenvalue weighted by atomic mass is 9.81. The Balaban J connectivity index is 2.19. The summed E-state index contributed by atoms with van der Waals surface area (Å²) in [5, 5.41) is 3.21. The topological polar surface area (TPSA) is 58.2 Å². The lowest BCUT2D eigenvalue weighted by molar-refractivity contribution is 0.232. The summed E-state index contributed by atoms with van der Waals surface area (Å²) in [6.45, 7) is 3.87. The Morgan fingerprint density at radius 3 is 2.52 bits per heavy atom. The molecule has 1 aliphatic heterocycles. The predicted octanol–water partition coefficient (Wildman–Crippen LogP) is 2.40. The predicted molar refractivity (Wildman–Crippen MR) is 79.5 cm³/mol. The van der Waals surface area contributed by atoms with Crippen LogP contribution >= 0.6 is 15.9 Å². The molecule has 0 bridgehead atoms. The minimum atomic E-state index is -4.03. The zero-order chi connectivity index (χ0) is 15.7. The molecule has 0 atom stereocenters. The molecular weight excluding hydrogens is 366 g/mol. The number of halogens is 3. The minimum Gasteiger partial charge on any atom is -0.317 e. The lowest BCUT2D eigenvalue weighted by Crippen LogP contribution is -2.43. The van der Waals surface area contributed by atoms with Gasteiger partial charge < -0.3 is 5.32 Å². The van der Waals surface area contributed by atoms with E-state index in [4.69, 9.17) is 0 Å². The normalized spacial score (nSPS) is 18.7. The van der Waals surface area contributed by atoms with Crippen LogP contribution in [0.3, 0.4) is 0 Å². The van der Waals surface area contributed by atoms with Gasteiger partial charge in [0.2, 0.25) is 10.0 Å². The molecule has 1 aromatic carbocycles. The first-order chi connectivity index (χ1) is 9.73. The molecule has 1 fully saturated rings. The fraction of sp³-hybridized carbons (Fsp3) is 0.538. The molecule has 1 saturated heterocycles. The van der Waals surface area contributed by atoms with Crippen LogP contribution in [-0.2, 0) is 10.0 Å². The molecule has 0 amide bonds. The summed E-state index contributed by atoms with van der Waals surface area (Å²) in [7, 11) is -4.03. The summed E-state index contributed by atoms with van der Waals surface area (Å²) >= 11 is 2.90. The van der Waals surface area contributed by atoms with Crippen LogP contribution in [0.15, 0.2) is 21.5 Å². The lowest BCUT2D eigenvalue weighted by Gasteiger charge is -2.34. The monoisotopic (exact) mass is 382 g/mol. The van der Waals surface area contributed by atoms with Crippen LogP contribution in [0, 0.1) is 17.0 Å². The first kappa shape index (κ1) is 16.8. The number of sulfonamides is 1. The van der Waals surface area contributed by atoms with E-state index >= 15 is 0 Å². The third kappa shape index (κ3) is 4.00. The molecule has 0 unspecified atom stereocenters. The average Bonchev–Trinajstić information content (AvgIpc) is 2.36. The van der Waals surface area contributed by atoms with Crippen molar-refractivity contribution in [1.29, 1.82) is 0 Å². The third-order valence-corrected chi connectivity index (χ3v) is 6.10. The van der Waals surface area contributed by atoms with Crippen LogP contribution in [0.1, 0.15) is 19.8 Å². The Bertz CT molecular complexity index is 608. The van der Waals surface area contributed by atoms with Crippen LogP contribution < -0.4 is 10.0 Å². The Hall–Kier alpha value is -0.570. The van der Waals surface area contributed by atoms with E-state index in [-0.39, 0.29) is 16.4 Å². The van der Waals surface area contributed by atoms with Gasteiger partial charge in [-0.3, -0.25) is 0 Å². The van der Waals surface area contributed by atoms with E-state index in [0.717, 1.165) is 32.0 Å². The first-order valence-electron chi connectivity index (χ1n) is 6.58. The van der Waals surface area contributed by atoms with Crippen LogP contribution in [0.4, 0.5) is 8.78 Å². The highest BCUT2D eigenvalue weighted by Gasteiger charge is 2.30. The average molecular weight is 383 g/mol. The standard InChI is InChI=1S/C13H17BrF2N2O2S/c1-13(2-4-17-5-3-13)8-18-21(19,20)12-10(14)6-9(15)7-11(12)16/h6-7,17-18H,2-5,8H2,1H3. The molecule has 1 heterocycles. The van der Waals surface area contributed by atoms with Crippen molar-refractivity contribution >= 4 is 26.0 Å². The van der Waals surface area contributed by atoms with Crippen molar-refractivity contribution in [2.45, 2.75) is 24.7 Å². The SMILES string of the molecule is CC1(CNS(=O)(=O)c2c(F)cc(F)cc2Br)CCNCC1. The Morgan fingerprint density at radius 2 is 1.95 bits per heavy atom. The second-order valence-electron chi connectivity index (χ2n) is 5.58. The van der Waals surface area contributed by atoms with Gasteiger partial charge in [-0.1, -0.05) is 6.92 Å². The van der Waals surface area contributed by atoms with E-state index in [1.54, 1.807) is 0 Å². The smallest absolute Gasteiger partial charge is 0.244 e. The molecule has 2 rings (SSSR count). The van der Waals surface area contributed by atoms with Gasteiger partial charge >= 0.3 is 0 Å². The molecule has 21 heavy (non-hydrogen) atoms. The summed E-state index contributed by atoms with van der Waals surface area (Å²) in [6.07, 6.45) is 1.67. The van der Waals surface area contributed by atoms with Gasteiger partial charge in [0.25, 0.3) is 0 Å². The van der Waals surface area contributed by atoms with E-state index in [1.165, 1.54) is 0 Å². The van der Waals surface area contributed by atoms with Crippen LogP contribution in [-0.4, -0.2) is 28.1 Å². The van der Waals surface area contributed by atoms with E-state index in [1.807, 2.05) is 6.92 Å². The molecule has 118 valence electrons. The fourth-order valence-electron chi connectivity index (χ4n) is 2.33. The highest BCUT2D eigenvalue weighted by molar-refractivity contribution is 9.10. The van der Waals surface area contributed by atoms with Crippen LogP contribution in [0.5, 0.6) is 0 Å². The van der Waals surface area contributed by atoms with Crippen molar-refractivity contribution in [3.05, 3.63) is 28.2 Å². The number of hydrogen-bond donors (Lipinski definition) is 2. The van der Waals surface area contributed by atoms with E-state index in [0.29, 0.717) is 6.07 Å². The third-order valence-electron chi connectivity index (χ3n) is 3.73. The highest BCUT2D eigenvalue weighted by Crippen LogP contribution is 2.29. The largest absolute Gasteiger partial charge is 0.317 e. The van der Waals surface area contributed by atoms with Gasteiger partial charge in [-0.15, -0.1) is 0 Å². The van der Waals surface area contributed by atoms with E-state index in [2.05, 4.69) is 26.0 Å². The zero-order valence-electron chi connectivity index (χ0n) is 11.5. The van der Waals surface area contributed by atoms with Gasteiger partial charge in [-0.25, -0.2) is 21.9 Å². The van der Waals surface area contributed by atoms with Crippen molar-refractivity contribution in [3.63, 3.8) is 0 Å². The molecule has 8 heteroatoms. The van der Waals surface area contributed by atoms with Crippen molar-refractivity contribution < 1.29 is 17.2 Å². The Labute approximate surface area is 131 Å². The van der Waals surface area contributed by atoms with Crippen molar-refractivity contribution in [1.82, 2.24) is 10.0 Å². The first-order valence-corrected chi connectivity index (χ1v) is 8.86. The molecule has 2 N–H and O–H groups in total. The molecule has 0 aliphatic carbocycles. The molecule has 0 saturated carbocycles. The maximum Gasteiger partial charge on any atom is 0.244 e. The maximum atomic E-state index is 13.8. The van der Waals surface area contributed by atoms with Gasteiger partial charge in [-0.05, 0) is 53.3 Å². The van der Waals surface area contributed by atoms with Crippen LogP contribution in [0.2, 0.25) is 0 Å². The van der Waals surface area contributed by atoms with E-state index in [9.17, 15) is 17.2 Å². The molecule has 0 spiro atoms. The van der Waals surface area contributed by atoms with Gasteiger partial charge in [-0.2, -0.15) is 0 Å². The second kappa shape index (κ2) is 6.28. The summed E-state index contributed by atoms with van der Waals surface area (Å²) in [5.41, 5.74) is -0.165. The summed E-state index contributed by atoms with van der Waals surface area (Å²) < 4.78 is 53.6. The number of benzene rings is 1. The van der Waals surface area contributed by atoms with Gasteiger partial charge in [0, 0.05) is 17.1 Å². The van der Waals surface area contributed by atoms with Gasteiger partial charge in [0.1, 0.15) is 16.5 Å². The minimum absolute atomic E-state index is 0.122. The number of nitrogens with one attached hydrogen (secondary N) is 2. The zero-order valence-corrected chi connectivity index (χ0v) is 14.0. The Kier molecular flexibility index (Phi) is 5.02. The van der Waals surface area contributed by atoms with Crippen molar-refractivity contribution in [2.24, 2.45) is 5.41 Å². The van der Waals surface area contributed by atoms with Crippen molar-refractivity contribution in [2.75, 3.05) is 19.6 Å². The molecule has 4 nitrogen and oxygen atoms in total. The summed E-state index contributed by atoms with van der Waals surface area (Å²) in [6, 6.07) is 1.50. The molecule has 1 aromatic rings. The van der Waals surface area contributed by atoms with Gasteiger partial charge in [0.15, 0.2) is 0 Å². The molecular formula is C13H17BrF2N2O2S. The van der Waals surface area contributed by atoms with Crippen LogP contribution in [0.25, 0.3) is 0 Å². The molecule has 1 aliphatic rings. The quantitative estimate of drug-likeness (QED) is 0.840. The van der Waals surface area contributed by atoms with E-state index < -0.39 is 26.6 Å². The second-order valence-corrected chi connectivity index (χ2v) is 8.14. The summed E-state index contributed by atoms with van der Waals surface area (Å²) in [4.78, 5) is -0.554. The molecule has 0 radical (unpaired) electrons.